The molecule has 7 heteroatoms. The highest BCUT2D eigenvalue weighted by Gasteiger charge is 2.21. The summed E-state index contributed by atoms with van der Waals surface area (Å²) in [5.74, 6) is 0.426. The Morgan fingerprint density at radius 1 is 1.43 bits per heavy atom. The van der Waals surface area contributed by atoms with Gasteiger partial charge in [-0.05, 0) is 43.5 Å². The number of nitrogens with two attached hydrogens (primary N) is 1. The average molecular weight is 293 g/mol. The highest BCUT2D eigenvalue weighted by Crippen LogP contribution is 2.18. The lowest BCUT2D eigenvalue weighted by atomic mass is 10.1. The van der Waals surface area contributed by atoms with Gasteiger partial charge in [0.05, 0.1) is 0 Å². The number of anilines is 1. The minimum atomic E-state index is -0.366. The molecule has 114 valence electrons. The van der Waals surface area contributed by atoms with Crippen molar-refractivity contribution in [3.8, 4) is 5.75 Å². The molecule has 0 spiro atoms. The third kappa shape index (κ3) is 4.64. The van der Waals surface area contributed by atoms with Crippen molar-refractivity contribution in [1.82, 2.24) is 0 Å². The number of amidine groups is 1. The van der Waals surface area contributed by atoms with E-state index in [0.29, 0.717) is 18.0 Å². The number of hydrogen-bond donors (Lipinski definition) is 3. The third-order valence-corrected chi connectivity index (χ3v) is 3.11. The molecule has 0 aromatic heterocycles. The van der Waals surface area contributed by atoms with Crippen LogP contribution in [0.25, 0.3) is 0 Å². The second-order valence-electron chi connectivity index (χ2n) is 4.75. The van der Waals surface area contributed by atoms with Gasteiger partial charge in [0.1, 0.15) is 18.5 Å². The standard InChI is InChI=1S/C14H19N3O4/c15-13(17-19)9-21-11-6-4-10(5-7-11)16-14(18)12-3-1-2-8-20-12/h4-7,12,19H,1-3,8-9H2,(H2,15,17)(H,16,18). The Morgan fingerprint density at radius 3 is 2.81 bits per heavy atom. The fourth-order valence-corrected chi connectivity index (χ4v) is 1.99. The quantitative estimate of drug-likeness (QED) is 0.328. The molecule has 4 N–H and O–H groups in total. The van der Waals surface area contributed by atoms with Crippen molar-refractivity contribution in [2.45, 2.75) is 25.4 Å². The smallest absolute Gasteiger partial charge is 0.253 e. The molecule has 0 radical (unpaired) electrons. The monoisotopic (exact) mass is 293 g/mol. The van der Waals surface area contributed by atoms with Crippen molar-refractivity contribution in [3.05, 3.63) is 24.3 Å². The SMILES string of the molecule is NC(COc1ccc(NC(=O)C2CCCCO2)cc1)=NO. The molecule has 0 bridgehead atoms. The summed E-state index contributed by atoms with van der Waals surface area (Å²) in [6.07, 6.45) is 2.41. The van der Waals surface area contributed by atoms with E-state index in [0.717, 1.165) is 19.3 Å². The molecule has 1 aliphatic heterocycles. The summed E-state index contributed by atoms with van der Waals surface area (Å²) in [5, 5.41) is 14.0. The van der Waals surface area contributed by atoms with Crippen LogP contribution in [0.1, 0.15) is 19.3 Å². The Hall–Kier alpha value is -2.28. The normalized spacial score (nSPS) is 19.0. The Kier molecular flexibility index (Phi) is 5.39. The first-order valence-corrected chi connectivity index (χ1v) is 6.81. The molecule has 1 heterocycles. The van der Waals surface area contributed by atoms with E-state index in [2.05, 4.69) is 10.5 Å². The van der Waals surface area contributed by atoms with Crippen LogP contribution in [0.2, 0.25) is 0 Å². The molecule has 1 aliphatic rings. The fraction of sp³-hybridized carbons (Fsp3) is 0.429. The van der Waals surface area contributed by atoms with Gasteiger partial charge in [-0.1, -0.05) is 5.16 Å². The van der Waals surface area contributed by atoms with Gasteiger partial charge in [-0.2, -0.15) is 0 Å². The number of rotatable bonds is 5. The molecule has 1 unspecified atom stereocenters. The summed E-state index contributed by atoms with van der Waals surface area (Å²) in [6, 6.07) is 6.84. The van der Waals surface area contributed by atoms with Crippen molar-refractivity contribution in [2.24, 2.45) is 10.9 Å². The van der Waals surface area contributed by atoms with Crippen molar-refractivity contribution >= 4 is 17.4 Å². The zero-order valence-corrected chi connectivity index (χ0v) is 11.6. The second kappa shape index (κ2) is 7.49. The van der Waals surface area contributed by atoms with Gasteiger partial charge in [-0.25, -0.2) is 0 Å². The van der Waals surface area contributed by atoms with Crippen LogP contribution in [0.3, 0.4) is 0 Å². The van der Waals surface area contributed by atoms with Gasteiger partial charge in [0.2, 0.25) is 0 Å². The van der Waals surface area contributed by atoms with Crippen LogP contribution in [-0.4, -0.2) is 36.3 Å². The number of nitrogens with zero attached hydrogens (tertiary/aromatic N) is 1. The molecule has 1 aromatic carbocycles. The van der Waals surface area contributed by atoms with E-state index in [-0.39, 0.29) is 24.5 Å². The Bertz CT molecular complexity index is 495. The first-order valence-electron chi connectivity index (χ1n) is 6.81. The molecule has 0 saturated carbocycles. The molecule has 21 heavy (non-hydrogen) atoms. The van der Waals surface area contributed by atoms with Crippen molar-refractivity contribution < 1.29 is 19.5 Å². The van der Waals surface area contributed by atoms with Gasteiger partial charge in [0, 0.05) is 12.3 Å². The van der Waals surface area contributed by atoms with Crippen molar-refractivity contribution in [3.63, 3.8) is 0 Å². The molecule has 1 saturated heterocycles. The molecular weight excluding hydrogens is 274 g/mol. The molecule has 1 aromatic rings. The maximum Gasteiger partial charge on any atom is 0.253 e. The van der Waals surface area contributed by atoms with E-state index < -0.39 is 0 Å². The Balaban J connectivity index is 1.85. The minimum Gasteiger partial charge on any atom is -0.486 e. The van der Waals surface area contributed by atoms with Crippen LogP contribution in [0.15, 0.2) is 29.4 Å². The van der Waals surface area contributed by atoms with Gasteiger partial charge in [-0.3, -0.25) is 4.79 Å². The topological polar surface area (TPSA) is 106 Å². The number of oxime groups is 1. The van der Waals surface area contributed by atoms with Crippen LogP contribution >= 0.6 is 0 Å². The predicted octanol–water partition coefficient (Wildman–Crippen LogP) is 1.32. The fourth-order valence-electron chi connectivity index (χ4n) is 1.99. The van der Waals surface area contributed by atoms with Gasteiger partial charge >= 0.3 is 0 Å². The summed E-state index contributed by atoms with van der Waals surface area (Å²) in [7, 11) is 0. The molecule has 1 amide bonds. The number of nitrogens with one attached hydrogen (secondary N) is 1. The van der Waals surface area contributed by atoms with Gasteiger partial charge in [0.15, 0.2) is 5.84 Å². The number of carbonyl (C=O) groups is 1. The summed E-state index contributed by atoms with van der Waals surface area (Å²) < 4.78 is 10.7. The highest BCUT2D eigenvalue weighted by atomic mass is 16.5. The van der Waals surface area contributed by atoms with Gasteiger partial charge in [0.25, 0.3) is 5.91 Å². The second-order valence-corrected chi connectivity index (χ2v) is 4.75. The van der Waals surface area contributed by atoms with Crippen LogP contribution < -0.4 is 15.8 Å². The lowest BCUT2D eigenvalue weighted by molar-refractivity contribution is -0.129. The van der Waals surface area contributed by atoms with E-state index in [4.69, 9.17) is 20.4 Å². The van der Waals surface area contributed by atoms with Crippen molar-refractivity contribution in [1.29, 1.82) is 0 Å². The van der Waals surface area contributed by atoms with Crippen LogP contribution in [0.4, 0.5) is 5.69 Å². The molecular formula is C14H19N3O4. The summed E-state index contributed by atoms with van der Waals surface area (Å²) in [4.78, 5) is 12.0. The number of carbonyl (C=O) groups excluding carboxylic acids is 1. The number of hydrogen-bond acceptors (Lipinski definition) is 5. The molecule has 1 atom stereocenters. The maximum atomic E-state index is 12.0. The summed E-state index contributed by atoms with van der Waals surface area (Å²) in [5.41, 5.74) is 5.97. The van der Waals surface area contributed by atoms with Crippen molar-refractivity contribution in [2.75, 3.05) is 18.5 Å². The first-order chi connectivity index (χ1) is 10.2. The lowest BCUT2D eigenvalue weighted by Crippen LogP contribution is -2.33. The number of amides is 1. The Morgan fingerprint density at radius 2 is 2.19 bits per heavy atom. The Labute approximate surface area is 122 Å². The third-order valence-electron chi connectivity index (χ3n) is 3.11. The van der Waals surface area contributed by atoms with Gasteiger partial charge < -0.3 is 25.7 Å². The molecule has 1 fully saturated rings. The largest absolute Gasteiger partial charge is 0.486 e. The first kappa shape index (κ1) is 15.1. The average Bonchev–Trinajstić information content (AvgIpc) is 2.54. The van der Waals surface area contributed by atoms with Crippen LogP contribution in [-0.2, 0) is 9.53 Å². The minimum absolute atomic E-state index is 0.00187. The van der Waals surface area contributed by atoms with Gasteiger partial charge in [-0.15, -0.1) is 0 Å². The van der Waals surface area contributed by atoms with Crippen LogP contribution in [0, 0.1) is 0 Å². The summed E-state index contributed by atoms with van der Waals surface area (Å²) >= 11 is 0. The number of ether oxygens (including phenoxy) is 2. The lowest BCUT2D eigenvalue weighted by Gasteiger charge is -2.21. The van der Waals surface area contributed by atoms with E-state index in [9.17, 15) is 4.79 Å². The van der Waals surface area contributed by atoms with E-state index in [1.54, 1.807) is 24.3 Å². The molecule has 2 rings (SSSR count). The maximum absolute atomic E-state index is 12.0. The predicted molar refractivity (Wildman–Crippen MR) is 77.6 cm³/mol. The molecule has 7 nitrogen and oxygen atoms in total. The highest BCUT2D eigenvalue weighted by molar-refractivity contribution is 5.94. The number of benzene rings is 1. The van der Waals surface area contributed by atoms with E-state index in [1.807, 2.05) is 0 Å². The van der Waals surface area contributed by atoms with E-state index >= 15 is 0 Å². The molecule has 0 aliphatic carbocycles. The van der Waals surface area contributed by atoms with Crippen LogP contribution in [0.5, 0.6) is 5.75 Å². The zero-order valence-electron chi connectivity index (χ0n) is 11.6. The summed E-state index contributed by atoms with van der Waals surface area (Å²) in [6.45, 7) is 0.636. The van der Waals surface area contributed by atoms with E-state index in [1.165, 1.54) is 0 Å². The zero-order chi connectivity index (χ0) is 15.1.